The number of anilines is 1. The van der Waals surface area contributed by atoms with Crippen molar-refractivity contribution in [3.8, 4) is 0 Å². The molecule has 0 bridgehead atoms. The molecule has 7 heteroatoms. The first kappa shape index (κ1) is 19.3. The van der Waals surface area contributed by atoms with Crippen LogP contribution in [0.5, 0.6) is 0 Å². The molecule has 0 atom stereocenters. The summed E-state index contributed by atoms with van der Waals surface area (Å²) in [6, 6.07) is 9.03. The molecule has 1 saturated heterocycles. The molecule has 2 aliphatic rings. The van der Waals surface area contributed by atoms with E-state index in [0.29, 0.717) is 31.2 Å². The molecule has 0 radical (unpaired) electrons. The van der Waals surface area contributed by atoms with Crippen molar-refractivity contribution in [2.75, 3.05) is 31.5 Å². The Bertz CT molecular complexity index is 842. The number of halogens is 1. The molecular weight excluding hydrogens is 394 g/mol. The third-order valence-corrected chi connectivity index (χ3v) is 6.85. The molecular formula is C21H24ClN3O2S. The summed E-state index contributed by atoms with van der Waals surface area (Å²) in [5, 5.41) is 3.54. The number of urea groups is 1. The molecule has 5 nitrogen and oxygen atoms in total. The van der Waals surface area contributed by atoms with E-state index in [2.05, 4.69) is 11.4 Å². The number of aryl methyl sites for hydroxylation is 2. The van der Waals surface area contributed by atoms with Gasteiger partial charge in [-0.05, 0) is 68.0 Å². The van der Waals surface area contributed by atoms with Crippen molar-refractivity contribution < 1.29 is 9.59 Å². The summed E-state index contributed by atoms with van der Waals surface area (Å²) in [5.74, 6) is 0.111. The van der Waals surface area contributed by atoms with Crippen molar-refractivity contribution >= 4 is 40.6 Å². The first-order chi connectivity index (χ1) is 13.6. The standard InChI is InChI=1S/C21H24ClN3O2S/c22-16-6-8-17(9-7-16)23-21(27)25-11-3-10-24(12-13-25)20(26)19-14-15-4-1-2-5-18(15)28-19/h6-9,14H,1-5,10-13H2,(H,23,27). The third-order valence-electron chi connectivity index (χ3n) is 5.37. The van der Waals surface area contributed by atoms with E-state index in [-0.39, 0.29) is 11.9 Å². The number of amides is 3. The van der Waals surface area contributed by atoms with Gasteiger partial charge in [-0.25, -0.2) is 4.79 Å². The van der Waals surface area contributed by atoms with E-state index in [1.54, 1.807) is 40.5 Å². The summed E-state index contributed by atoms with van der Waals surface area (Å²) in [6.07, 6.45) is 5.43. The zero-order valence-electron chi connectivity index (χ0n) is 15.7. The summed E-state index contributed by atoms with van der Waals surface area (Å²) in [7, 11) is 0. The number of carbonyl (C=O) groups is 2. The molecule has 1 aliphatic heterocycles. The van der Waals surface area contributed by atoms with Crippen molar-refractivity contribution in [2.24, 2.45) is 0 Å². The van der Waals surface area contributed by atoms with E-state index in [1.807, 2.05) is 4.90 Å². The first-order valence-corrected chi connectivity index (χ1v) is 11.0. The van der Waals surface area contributed by atoms with Gasteiger partial charge in [0.1, 0.15) is 0 Å². The third kappa shape index (κ3) is 4.33. The Hall–Kier alpha value is -2.05. The van der Waals surface area contributed by atoms with Crippen LogP contribution in [0.1, 0.15) is 39.4 Å². The number of carbonyl (C=O) groups excluding carboxylic acids is 2. The lowest BCUT2D eigenvalue weighted by Gasteiger charge is -2.22. The second kappa shape index (κ2) is 8.53. The van der Waals surface area contributed by atoms with Crippen LogP contribution in [0.25, 0.3) is 0 Å². The van der Waals surface area contributed by atoms with Crippen molar-refractivity contribution in [2.45, 2.75) is 32.1 Å². The molecule has 28 heavy (non-hydrogen) atoms. The molecule has 2 aromatic rings. The van der Waals surface area contributed by atoms with E-state index < -0.39 is 0 Å². The fraction of sp³-hybridized carbons (Fsp3) is 0.429. The second-order valence-electron chi connectivity index (χ2n) is 7.34. The van der Waals surface area contributed by atoms with Crippen LogP contribution in [-0.2, 0) is 12.8 Å². The number of nitrogens with zero attached hydrogens (tertiary/aromatic N) is 2. The smallest absolute Gasteiger partial charge is 0.321 e. The fourth-order valence-electron chi connectivity index (χ4n) is 3.81. The minimum absolute atomic E-state index is 0.111. The molecule has 1 aliphatic carbocycles. The van der Waals surface area contributed by atoms with Gasteiger partial charge in [0, 0.05) is 41.8 Å². The molecule has 2 heterocycles. The Morgan fingerprint density at radius 3 is 2.43 bits per heavy atom. The van der Waals surface area contributed by atoms with Crippen LogP contribution < -0.4 is 5.32 Å². The lowest BCUT2D eigenvalue weighted by molar-refractivity contribution is 0.0767. The van der Waals surface area contributed by atoms with E-state index in [9.17, 15) is 9.59 Å². The van der Waals surface area contributed by atoms with Gasteiger partial charge in [0.2, 0.25) is 0 Å². The van der Waals surface area contributed by atoms with Crippen LogP contribution in [0.4, 0.5) is 10.5 Å². The van der Waals surface area contributed by atoms with Gasteiger partial charge in [0.15, 0.2) is 0 Å². The predicted molar refractivity (Wildman–Crippen MR) is 114 cm³/mol. The Morgan fingerprint density at radius 1 is 0.929 bits per heavy atom. The van der Waals surface area contributed by atoms with Crippen molar-refractivity contribution in [3.63, 3.8) is 0 Å². The highest BCUT2D eigenvalue weighted by atomic mass is 35.5. The predicted octanol–water partition coefficient (Wildman–Crippen LogP) is 4.66. The van der Waals surface area contributed by atoms with Gasteiger partial charge in [-0.1, -0.05) is 11.6 Å². The SMILES string of the molecule is O=C(Nc1ccc(Cl)cc1)N1CCCN(C(=O)c2cc3c(s2)CCCC3)CC1. The van der Waals surface area contributed by atoms with Gasteiger partial charge in [0.25, 0.3) is 5.91 Å². The van der Waals surface area contributed by atoms with Gasteiger partial charge in [0.05, 0.1) is 4.88 Å². The molecule has 0 spiro atoms. The summed E-state index contributed by atoms with van der Waals surface area (Å²) in [6.45, 7) is 2.43. The molecule has 0 saturated carbocycles. The van der Waals surface area contributed by atoms with E-state index in [1.165, 1.54) is 23.3 Å². The average molecular weight is 418 g/mol. The number of hydrogen-bond donors (Lipinski definition) is 1. The first-order valence-electron chi connectivity index (χ1n) is 9.82. The molecule has 1 N–H and O–H groups in total. The normalized spacial score (nSPS) is 17.0. The Balaban J connectivity index is 1.36. The van der Waals surface area contributed by atoms with Crippen LogP contribution in [0.15, 0.2) is 30.3 Å². The highest BCUT2D eigenvalue weighted by Crippen LogP contribution is 2.30. The van der Waals surface area contributed by atoms with Gasteiger partial charge in [-0.2, -0.15) is 0 Å². The van der Waals surface area contributed by atoms with Crippen LogP contribution in [0.2, 0.25) is 5.02 Å². The summed E-state index contributed by atoms with van der Waals surface area (Å²) >= 11 is 7.55. The van der Waals surface area contributed by atoms with Crippen LogP contribution >= 0.6 is 22.9 Å². The molecule has 1 fully saturated rings. The van der Waals surface area contributed by atoms with E-state index >= 15 is 0 Å². The monoisotopic (exact) mass is 417 g/mol. The van der Waals surface area contributed by atoms with Crippen molar-refractivity contribution in [1.82, 2.24) is 9.80 Å². The highest BCUT2D eigenvalue weighted by molar-refractivity contribution is 7.14. The molecule has 1 aromatic heterocycles. The Morgan fingerprint density at radius 2 is 1.64 bits per heavy atom. The summed E-state index contributed by atoms with van der Waals surface area (Å²) in [5.41, 5.74) is 2.08. The number of thiophene rings is 1. The van der Waals surface area contributed by atoms with E-state index in [0.717, 1.165) is 29.8 Å². The molecule has 3 amide bonds. The van der Waals surface area contributed by atoms with E-state index in [4.69, 9.17) is 11.6 Å². The average Bonchev–Trinajstić information content (AvgIpc) is 2.98. The topological polar surface area (TPSA) is 52.7 Å². The second-order valence-corrected chi connectivity index (χ2v) is 8.91. The maximum absolute atomic E-state index is 13.0. The van der Waals surface area contributed by atoms with Crippen LogP contribution in [0.3, 0.4) is 0 Å². The summed E-state index contributed by atoms with van der Waals surface area (Å²) in [4.78, 5) is 31.4. The molecule has 1 aromatic carbocycles. The highest BCUT2D eigenvalue weighted by Gasteiger charge is 2.25. The van der Waals surface area contributed by atoms with Crippen molar-refractivity contribution in [1.29, 1.82) is 0 Å². The van der Waals surface area contributed by atoms with Gasteiger partial charge in [-0.3, -0.25) is 4.79 Å². The fourth-order valence-corrected chi connectivity index (χ4v) is 5.16. The van der Waals surface area contributed by atoms with Gasteiger partial charge < -0.3 is 15.1 Å². The lowest BCUT2D eigenvalue weighted by Crippen LogP contribution is -2.39. The number of nitrogens with one attached hydrogen (secondary N) is 1. The largest absolute Gasteiger partial charge is 0.336 e. The number of fused-ring (bicyclic) bond motifs is 1. The quantitative estimate of drug-likeness (QED) is 0.772. The molecule has 0 unspecified atom stereocenters. The number of rotatable bonds is 2. The Labute approximate surface area is 174 Å². The number of benzene rings is 1. The van der Waals surface area contributed by atoms with Gasteiger partial charge >= 0.3 is 6.03 Å². The maximum Gasteiger partial charge on any atom is 0.321 e. The molecule has 148 valence electrons. The van der Waals surface area contributed by atoms with Crippen molar-refractivity contribution in [3.05, 3.63) is 50.7 Å². The maximum atomic E-state index is 13.0. The summed E-state index contributed by atoms with van der Waals surface area (Å²) < 4.78 is 0. The van der Waals surface area contributed by atoms with Gasteiger partial charge in [-0.15, -0.1) is 11.3 Å². The zero-order chi connectivity index (χ0) is 19.5. The lowest BCUT2D eigenvalue weighted by atomic mass is 9.99. The van der Waals surface area contributed by atoms with Crippen LogP contribution in [-0.4, -0.2) is 47.9 Å². The minimum atomic E-state index is -0.136. The van der Waals surface area contributed by atoms with Crippen LogP contribution in [0, 0.1) is 0 Å². The zero-order valence-corrected chi connectivity index (χ0v) is 17.3. The Kier molecular flexibility index (Phi) is 5.87. The minimum Gasteiger partial charge on any atom is -0.336 e. The molecule has 4 rings (SSSR count). The number of hydrogen-bond acceptors (Lipinski definition) is 3.